The van der Waals surface area contributed by atoms with E-state index in [9.17, 15) is 9.59 Å². The molecule has 0 radical (unpaired) electrons. The highest BCUT2D eigenvalue weighted by atomic mass is 16.4. The number of aryl methyl sites for hydroxylation is 1. The number of pyridine rings is 1. The van der Waals surface area contributed by atoms with Crippen molar-refractivity contribution in [3.05, 3.63) is 41.9 Å². The maximum atomic E-state index is 11.6. The van der Waals surface area contributed by atoms with Crippen LogP contribution in [0.1, 0.15) is 22.6 Å². The fraction of sp³-hybridized carbons (Fsp3) is 0.167. The van der Waals surface area contributed by atoms with Crippen LogP contribution in [-0.4, -0.2) is 32.2 Å². The lowest BCUT2D eigenvalue weighted by Gasteiger charge is -2.01. The van der Waals surface area contributed by atoms with Crippen LogP contribution in [0.2, 0.25) is 0 Å². The number of amides is 1. The molecule has 2 heterocycles. The summed E-state index contributed by atoms with van der Waals surface area (Å²) in [5, 5.41) is 17.2. The summed E-state index contributed by atoms with van der Waals surface area (Å²) in [6, 6.07) is 6.76. The van der Waals surface area contributed by atoms with E-state index in [4.69, 9.17) is 5.11 Å². The van der Waals surface area contributed by atoms with Gasteiger partial charge in [0.25, 0.3) is 0 Å². The van der Waals surface area contributed by atoms with Crippen molar-refractivity contribution in [2.75, 3.05) is 5.32 Å². The first-order valence-corrected chi connectivity index (χ1v) is 5.63. The normalized spacial score (nSPS) is 10.1. The summed E-state index contributed by atoms with van der Waals surface area (Å²) < 4.78 is 0. The van der Waals surface area contributed by atoms with Crippen molar-refractivity contribution in [3.63, 3.8) is 0 Å². The maximum Gasteiger partial charge on any atom is 0.353 e. The Morgan fingerprint density at radius 3 is 2.84 bits per heavy atom. The number of carboxylic acid groups (broad SMARTS) is 1. The van der Waals surface area contributed by atoms with E-state index in [0.29, 0.717) is 6.42 Å². The maximum absolute atomic E-state index is 11.6. The summed E-state index contributed by atoms with van der Waals surface area (Å²) in [4.78, 5) is 26.3. The van der Waals surface area contributed by atoms with Gasteiger partial charge in [-0.3, -0.25) is 14.9 Å². The zero-order valence-electron chi connectivity index (χ0n) is 9.96. The van der Waals surface area contributed by atoms with Crippen LogP contribution in [0.3, 0.4) is 0 Å². The van der Waals surface area contributed by atoms with E-state index in [2.05, 4.69) is 20.5 Å². The van der Waals surface area contributed by atoms with Crippen LogP contribution < -0.4 is 5.32 Å². The molecule has 0 fully saturated rings. The Balaban J connectivity index is 1.85. The molecule has 7 heteroatoms. The SMILES string of the molecule is O=C(CCc1ccccn1)Nc1cc(C(=O)O)[nH]n1. The van der Waals surface area contributed by atoms with Crippen molar-refractivity contribution >= 4 is 17.7 Å². The molecule has 0 aromatic carbocycles. The number of carboxylic acids is 1. The second-order valence-electron chi connectivity index (χ2n) is 3.84. The Morgan fingerprint density at radius 1 is 1.37 bits per heavy atom. The average molecular weight is 260 g/mol. The molecule has 2 rings (SSSR count). The van der Waals surface area contributed by atoms with Gasteiger partial charge in [-0.25, -0.2) is 4.79 Å². The number of aromatic carboxylic acids is 1. The lowest BCUT2D eigenvalue weighted by Crippen LogP contribution is -2.12. The first kappa shape index (κ1) is 12.7. The number of rotatable bonds is 5. The lowest BCUT2D eigenvalue weighted by molar-refractivity contribution is -0.116. The van der Waals surface area contributed by atoms with Gasteiger partial charge in [-0.1, -0.05) is 6.07 Å². The van der Waals surface area contributed by atoms with Gasteiger partial charge in [0.15, 0.2) is 5.82 Å². The van der Waals surface area contributed by atoms with Crippen molar-refractivity contribution in [2.45, 2.75) is 12.8 Å². The van der Waals surface area contributed by atoms with Crippen LogP contribution in [0.25, 0.3) is 0 Å². The highest BCUT2D eigenvalue weighted by Crippen LogP contribution is 2.06. The quantitative estimate of drug-likeness (QED) is 0.745. The molecule has 0 unspecified atom stereocenters. The molecule has 0 bridgehead atoms. The third kappa shape index (κ3) is 3.63. The minimum Gasteiger partial charge on any atom is -0.477 e. The standard InChI is InChI=1S/C12H12N4O3/c17-11(5-4-8-3-1-2-6-13-8)14-10-7-9(12(18)19)15-16-10/h1-3,6-7H,4-5H2,(H,18,19)(H2,14,15,16,17). The second kappa shape index (κ2) is 5.76. The highest BCUT2D eigenvalue weighted by Gasteiger charge is 2.10. The van der Waals surface area contributed by atoms with E-state index in [1.54, 1.807) is 12.3 Å². The van der Waals surface area contributed by atoms with Crippen LogP contribution in [-0.2, 0) is 11.2 Å². The van der Waals surface area contributed by atoms with E-state index in [1.807, 2.05) is 12.1 Å². The number of nitrogens with one attached hydrogen (secondary N) is 2. The molecule has 19 heavy (non-hydrogen) atoms. The first-order chi connectivity index (χ1) is 9.15. The van der Waals surface area contributed by atoms with Crippen LogP contribution in [0, 0.1) is 0 Å². The van der Waals surface area contributed by atoms with Crippen LogP contribution in [0.5, 0.6) is 0 Å². The molecule has 2 aromatic heterocycles. The topological polar surface area (TPSA) is 108 Å². The minimum atomic E-state index is -1.12. The summed E-state index contributed by atoms with van der Waals surface area (Å²) in [6.45, 7) is 0. The Labute approximate surface area is 108 Å². The van der Waals surface area contributed by atoms with E-state index < -0.39 is 5.97 Å². The zero-order valence-corrected chi connectivity index (χ0v) is 9.96. The predicted octanol–water partition coefficient (Wildman–Crippen LogP) is 1.07. The largest absolute Gasteiger partial charge is 0.477 e. The summed E-state index contributed by atoms with van der Waals surface area (Å²) in [5.41, 5.74) is 0.755. The second-order valence-corrected chi connectivity index (χ2v) is 3.84. The van der Waals surface area contributed by atoms with E-state index in [-0.39, 0.29) is 23.8 Å². The number of nitrogens with zero attached hydrogens (tertiary/aromatic N) is 2. The van der Waals surface area contributed by atoms with Crippen molar-refractivity contribution in [3.8, 4) is 0 Å². The number of hydrogen-bond donors (Lipinski definition) is 3. The summed E-state index contributed by atoms with van der Waals surface area (Å²) in [6.07, 6.45) is 2.44. The third-order valence-electron chi connectivity index (χ3n) is 2.41. The zero-order chi connectivity index (χ0) is 13.7. The van der Waals surface area contributed by atoms with Gasteiger partial charge < -0.3 is 10.4 Å². The van der Waals surface area contributed by atoms with Gasteiger partial charge >= 0.3 is 5.97 Å². The van der Waals surface area contributed by atoms with E-state index in [1.165, 1.54) is 6.07 Å². The van der Waals surface area contributed by atoms with E-state index >= 15 is 0 Å². The highest BCUT2D eigenvalue weighted by molar-refractivity contribution is 5.92. The fourth-order valence-corrected chi connectivity index (χ4v) is 1.49. The predicted molar refractivity (Wildman–Crippen MR) is 66.7 cm³/mol. The summed E-state index contributed by atoms with van der Waals surface area (Å²) in [7, 11) is 0. The van der Waals surface area contributed by atoms with Gasteiger partial charge in [0.2, 0.25) is 5.91 Å². The monoisotopic (exact) mass is 260 g/mol. The van der Waals surface area contributed by atoms with Gasteiger partial charge in [0, 0.05) is 24.4 Å². The number of H-pyrrole nitrogens is 1. The van der Waals surface area contributed by atoms with Crippen molar-refractivity contribution in [1.29, 1.82) is 0 Å². The van der Waals surface area contributed by atoms with Gasteiger partial charge in [0.05, 0.1) is 0 Å². The lowest BCUT2D eigenvalue weighted by atomic mass is 10.2. The molecular weight excluding hydrogens is 248 g/mol. The minimum absolute atomic E-state index is 0.0694. The Hall–Kier alpha value is -2.70. The first-order valence-electron chi connectivity index (χ1n) is 5.63. The molecule has 0 saturated carbocycles. The van der Waals surface area contributed by atoms with Crippen LogP contribution >= 0.6 is 0 Å². The Kier molecular flexibility index (Phi) is 3.87. The molecule has 1 amide bonds. The molecule has 0 atom stereocenters. The van der Waals surface area contributed by atoms with Gasteiger partial charge in [-0.05, 0) is 18.6 Å². The van der Waals surface area contributed by atoms with Gasteiger partial charge in [-0.15, -0.1) is 0 Å². The van der Waals surface area contributed by atoms with Crippen molar-refractivity contribution in [1.82, 2.24) is 15.2 Å². The molecule has 3 N–H and O–H groups in total. The number of carbonyl (C=O) groups excluding carboxylic acids is 1. The molecule has 0 aliphatic carbocycles. The number of carbonyl (C=O) groups is 2. The Bertz CT molecular complexity index is 580. The molecule has 2 aromatic rings. The molecule has 7 nitrogen and oxygen atoms in total. The molecule has 0 aliphatic rings. The third-order valence-corrected chi connectivity index (χ3v) is 2.41. The molecule has 0 spiro atoms. The number of aromatic nitrogens is 3. The number of hydrogen-bond acceptors (Lipinski definition) is 4. The smallest absolute Gasteiger partial charge is 0.353 e. The van der Waals surface area contributed by atoms with E-state index in [0.717, 1.165) is 5.69 Å². The fourth-order valence-electron chi connectivity index (χ4n) is 1.49. The van der Waals surface area contributed by atoms with Crippen LogP contribution in [0.4, 0.5) is 5.82 Å². The van der Waals surface area contributed by atoms with Gasteiger partial charge in [-0.2, -0.15) is 5.10 Å². The summed E-state index contributed by atoms with van der Waals surface area (Å²) in [5.74, 6) is -1.17. The molecular formula is C12H12N4O3. The van der Waals surface area contributed by atoms with Gasteiger partial charge in [0.1, 0.15) is 5.69 Å². The van der Waals surface area contributed by atoms with Crippen LogP contribution in [0.15, 0.2) is 30.5 Å². The number of aromatic amines is 1. The number of anilines is 1. The van der Waals surface area contributed by atoms with Crippen molar-refractivity contribution in [2.24, 2.45) is 0 Å². The molecule has 0 aliphatic heterocycles. The van der Waals surface area contributed by atoms with Crippen molar-refractivity contribution < 1.29 is 14.7 Å². The Morgan fingerprint density at radius 2 is 2.21 bits per heavy atom. The molecule has 0 saturated heterocycles. The average Bonchev–Trinajstić information content (AvgIpc) is 2.86. The summed E-state index contributed by atoms with van der Waals surface area (Å²) >= 11 is 0. The molecule has 98 valence electrons.